The van der Waals surface area contributed by atoms with Crippen LogP contribution in [0.1, 0.15) is 56.4 Å². The highest BCUT2D eigenvalue weighted by Crippen LogP contribution is 2.32. The Bertz CT molecular complexity index is 561. The van der Waals surface area contributed by atoms with E-state index in [0.29, 0.717) is 0 Å². The van der Waals surface area contributed by atoms with Gasteiger partial charge in [-0.3, -0.25) is 0 Å². The van der Waals surface area contributed by atoms with E-state index in [-0.39, 0.29) is 11.9 Å². The van der Waals surface area contributed by atoms with Crippen LogP contribution in [0.5, 0.6) is 0 Å². The van der Waals surface area contributed by atoms with Crippen LogP contribution in [-0.2, 0) is 0 Å². The molecule has 0 aliphatic heterocycles. The molecule has 0 saturated heterocycles. The Morgan fingerprint density at radius 1 is 1.25 bits per heavy atom. The highest BCUT2D eigenvalue weighted by Gasteiger charge is 2.18. The Morgan fingerprint density at radius 2 is 2.05 bits per heavy atom. The van der Waals surface area contributed by atoms with Gasteiger partial charge < -0.3 is 9.73 Å². The van der Waals surface area contributed by atoms with Gasteiger partial charge in [0.15, 0.2) is 0 Å². The lowest BCUT2D eigenvalue weighted by molar-refractivity contribution is 0.415. The Morgan fingerprint density at radius 3 is 2.75 bits per heavy atom. The molecule has 0 saturated carbocycles. The molecule has 0 radical (unpaired) electrons. The second-order valence-electron chi connectivity index (χ2n) is 5.42. The smallest absolute Gasteiger partial charge is 0.134 e. The van der Waals surface area contributed by atoms with Crippen molar-refractivity contribution >= 4 is 11.0 Å². The molecule has 0 fully saturated rings. The van der Waals surface area contributed by atoms with E-state index < -0.39 is 0 Å². The number of furan rings is 1. The van der Waals surface area contributed by atoms with E-state index >= 15 is 0 Å². The van der Waals surface area contributed by atoms with Gasteiger partial charge in [-0.25, -0.2) is 4.39 Å². The SMILES string of the molecule is CCCCCCC(NC)c1oc2ccc(F)cc2c1C. The number of hydrogen-bond acceptors (Lipinski definition) is 2. The van der Waals surface area contributed by atoms with Crippen LogP contribution in [0.4, 0.5) is 4.39 Å². The Labute approximate surface area is 120 Å². The molecule has 0 aliphatic rings. The van der Waals surface area contributed by atoms with Crippen molar-refractivity contribution in [2.24, 2.45) is 0 Å². The quantitative estimate of drug-likeness (QED) is 0.711. The lowest BCUT2D eigenvalue weighted by Gasteiger charge is -2.14. The van der Waals surface area contributed by atoms with E-state index in [1.807, 2.05) is 14.0 Å². The summed E-state index contributed by atoms with van der Waals surface area (Å²) in [6.45, 7) is 4.23. The maximum atomic E-state index is 13.3. The van der Waals surface area contributed by atoms with Gasteiger partial charge >= 0.3 is 0 Å². The van der Waals surface area contributed by atoms with Crippen molar-refractivity contribution in [1.82, 2.24) is 5.32 Å². The number of rotatable bonds is 7. The number of unbranched alkanes of at least 4 members (excludes halogenated alkanes) is 3. The molecule has 0 amide bonds. The van der Waals surface area contributed by atoms with Crippen LogP contribution in [0.2, 0.25) is 0 Å². The maximum Gasteiger partial charge on any atom is 0.134 e. The standard InChI is InChI=1S/C17H24FNO/c1-4-5-6-7-8-15(19-3)17-12(2)14-11-13(18)9-10-16(14)20-17/h9-11,15,19H,4-8H2,1-3H3. The zero-order valence-corrected chi connectivity index (χ0v) is 12.6. The number of nitrogens with one attached hydrogen (secondary N) is 1. The molecule has 0 aliphatic carbocycles. The first kappa shape index (κ1) is 15.0. The fourth-order valence-electron chi connectivity index (χ4n) is 2.73. The average molecular weight is 277 g/mol. The average Bonchev–Trinajstić information content (AvgIpc) is 2.76. The Kier molecular flexibility index (Phi) is 5.18. The fraction of sp³-hybridized carbons (Fsp3) is 0.529. The van der Waals surface area contributed by atoms with Gasteiger partial charge in [-0.2, -0.15) is 0 Å². The van der Waals surface area contributed by atoms with Gasteiger partial charge in [0, 0.05) is 10.9 Å². The van der Waals surface area contributed by atoms with Crippen LogP contribution >= 0.6 is 0 Å². The van der Waals surface area contributed by atoms with Gasteiger partial charge in [-0.05, 0) is 38.6 Å². The molecule has 1 N–H and O–H groups in total. The molecular weight excluding hydrogens is 253 g/mol. The van der Waals surface area contributed by atoms with Crippen molar-refractivity contribution in [3.05, 3.63) is 35.3 Å². The van der Waals surface area contributed by atoms with Crippen LogP contribution in [0.3, 0.4) is 0 Å². The lowest BCUT2D eigenvalue weighted by atomic mass is 10.0. The maximum absolute atomic E-state index is 13.3. The van der Waals surface area contributed by atoms with Gasteiger partial charge in [-0.1, -0.05) is 32.6 Å². The molecule has 3 heteroatoms. The number of aryl methyl sites for hydroxylation is 1. The van der Waals surface area contributed by atoms with Gasteiger partial charge in [-0.15, -0.1) is 0 Å². The Hall–Kier alpha value is -1.35. The normalized spacial score (nSPS) is 13.0. The molecule has 1 heterocycles. The first-order valence-corrected chi connectivity index (χ1v) is 7.53. The zero-order chi connectivity index (χ0) is 14.5. The van der Waals surface area contributed by atoms with E-state index in [1.54, 1.807) is 12.1 Å². The van der Waals surface area contributed by atoms with Crippen LogP contribution < -0.4 is 5.32 Å². The fourth-order valence-corrected chi connectivity index (χ4v) is 2.73. The van der Waals surface area contributed by atoms with E-state index in [2.05, 4.69) is 12.2 Å². The highest BCUT2D eigenvalue weighted by atomic mass is 19.1. The summed E-state index contributed by atoms with van der Waals surface area (Å²) in [5.41, 5.74) is 1.82. The van der Waals surface area contributed by atoms with Crippen molar-refractivity contribution in [2.75, 3.05) is 7.05 Å². The third-order valence-corrected chi connectivity index (χ3v) is 3.95. The molecule has 0 spiro atoms. The molecule has 1 atom stereocenters. The van der Waals surface area contributed by atoms with Crippen LogP contribution in [0.25, 0.3) is 11.0 Å². The number of hydrogen-bond donors (Lipinski definition) is 1. The van der Waals surface area contributed by atoms with Crippen molar-refractivity contribution in [3.8, 4) is 0 Å². The van der Waals surface area contributed by atoms with Gasteiger partial charge in [0.05, 0.1) is 6.04 Å². The minimum Gasteiger partial charge on any atom is -0.459 e. The minimum atomic E-state index is -0.211. The Balaban J connectivity index is 2.19. The van der Waals surface area contributed by atoms with Gasteiger partial charge in [0.1, 0.15) is 17.2 Å². The monoisotopic (exact) mass is 277 g/mol. The number of fused-ring (bicyclic) bond motifs is 1. The summed E-state index contributed by atoms with van der Waals surface area (Å²) in [5.74, 6) is 0.738. The topological polar surface area (TPSA) is 25.2 Å². The summed E-state index contributed by atoms with van der Waals surface area (Å²) in [5, 5.41) is 4.21. The molecular formula is C17H24FNO. The van der Waals surface area contributed by atoms with Crippen molar-refractivity contribution in [2.45, 2.75) is 52.0 Å². The van der Waals surface area contributed by atoms with Crippen LogP contribution in [-0.4, -0.2) is 7.05 Å². The molecule has 110 valence electrons. The zero-order valence-electron chi connectivity index (χ0n) is 12.6. The summed E-state index contributed by atoms with van der Waals surface area (Å²) in [4.78, 5) is 0. The molecule has 1 aromatic heterocycles. The summed E-state index contributed by atoms with van der Waals surface area (Å²) < 4.78 is 19.3. The number of benzene rings is 1. The van der Waals surface area contributed by atoms with Gasteiger partial charge in [0.25, 0.3) is 0 Å². The summed E-state index contributed by atoms with van der Waals surface area (Å²) in [6, 6.07) is 4.93. The van der Waals surface area contributed by atoms with E-state index in [1.165, 1.54) is 31.7 Å². The van der Waals surface area contributed by atoms with E-state index in [9.17, 15) is 4.39 Å². The summed E-state index contributed by atoms with van der Waals surface area (Å²) in [7, 11) is 1.96. The predicted octanol–water partition coefficient (Wildman–Crippen LogP) is 5.11. The van der Waals surface area contributed by atoms with E-state index in [4.69, 9.17) is 4.42 Å². The van der Waals surface area contributed by atoms with Crippen LogP contribution in [0, 0.1) is 12.7 Å². The molecule has 2 nitrogen and oxygen atoms in total. The summed E-state index contributed by atoms with van der Waals surface area (Å²) >= 11 is 0. The molecule has 1 unspecified atom stereocenters. The molecule has 20 heavy (non-hydrogen) atoms. The summed E-state index contributed by atoms with van der Waals surface area (Å²) in [6.07, 6.45) is 6.01. The highest BCUT2D eigenvalue weighted by molar-refractivity contribution is 5.82. The molecule has 2 aromatic rings. The lowest BCUT2D eigenvalue weighted by Crippen LogP contribution is -2.16. The largest absolute Gasteiger partial charge is 0.459 e. The van der Waals surface area contributed by atoms with E-state index in [0.717, 1.165) is 28.7 Å². The molecule has 1 aromatic carbocycles. The number of halogens is 1. The van der Waals surface area contributed by atoms with Crippen molar-refractivity contribution in [1.29, 1.82) is 0 Å². The predicted molar refractivity (Wildman–Crippen MR) is 81.5 cm³/mol. The third kappa shape index (κ3) is 3.21. The molecule has 0 bridgehead atoms. The minimum absolute atomic E-state index is 0.210. The van der Waals surface area contributed by atoms with Crippen molar-refractivity contribution < 1.29 is 8.81 Å². The van der Waals surface area contributed by atoms with Gasteiger partial charge in [0.2, 0.25) is 0 Å². The second-order valence-corrected chi connectivity index (χ2v) is 5.42. The third-order valence-electron chi connectivity index (χ3n) is 3.95. The van der Waals surface area contributed by atoms with Crippen LogP contribution in [0.15, 0.2) is 22.6 Å². The first-order chi connectivity index (χ1) is 9.67. The van der Waals surface area contributed by atoms with Crippen molar-refractivity contribution in [3.63, 3.8) is 0 Å². The second kappa shape index (κ2) is 6.89. The first-order valence-electron chi connectivity index (χ1n) is 7.53. The molecule has 2 rings (SSSR count).